The zero-order chi connectivity index (χ0) is 19.3. The van der Waals surface area contributed by atoms with E-state index in [0.29, 0.717) is 35.4 Å². The van der Waals surface area contributed by atoms with Crippen LogP contribution in [0.25, 0.3) is 0 Å². The van der Waals surface area contributed by atoms with E-state index < -0.39 is 0 Å². The third-order valence-electron chi connectivity index (χ3n) is 6.88. The van der Waals surface area contributed by atoms with Crippen molar-refractivity contribution in [1.82, 2.24) is 19.8 Å². The van der Waals surface area contributed by atoms with E-state index in [1.165, 1.54) is 24.0 Å². The molecule has 1 N–H and O–H groups in total. The van der Waals surface area contributed by atoms with E-state index in [0.717, 1.165) is 19.6 Å². The second-order valence-electron chi connectivity index (χ2n) is 8.37. The van der Waals surface area contributed by atoms with Gasteiger partial charge in [-0.3, -0.25) is 9.69 Å². The van der Waals surface area contributed by atoms with Crippen molar-refractivity contribution < 1.29 is 4.79 Å². The van der Waals surface area contributed by atoms with Crippen LogP contribution in [0.2, 0.25) is 0 Å². The van der Waals surface area contributed by atoms with Crippen molar-refractivity contribution in [2.24, 2.45) is 5.92 Å². The van der Waals surface area contributed by atoms with Crippen LogP contribution in [0.3, 0.4) is 0 Å². The molecule has 0 saturated carbocycles. The Kier molecular flexibility index (Phi) is 4.31. The van der Waals surface area contributed by atoms with Gasteiger partial charge in [-0.25, -0.2) is 9.97 Å². The number of aromatic nitrogens is 2. The summed E-state index contributed by atoms with van der Waals surface area (Å²) in [6.07, 6.45) is 5.69. The van der Waals surface area contributed by atoms with Gasteiger partial charge in [0.1, 0.15) is 0 Å². The first-order chi connectivity index (χ1) is 13.7. The van der Waals surface area contributed by atoms with Gasteiger partial charge in [0.05, 0.1) is 11.6 Å². The number of nitrogens with one attached hydrogen (secondary N) is 1. The molecule has 0 unspecified atom stereocenters. The smallest absolute Gasteiger partial charge is 0.257 e. The zero-order valence-electron chi connectivity index (χ0n) is 16.5. The first kappa shape index (κ1) is 17.6. The van der Waals surface area contributed by atoms with Gasteiger partial charge in [0.25, 0.3) is 5.91 Å². The number of carbonyl (C=O) groups is 1. The number of rotatable bonds is 3. The van der Waals surface area contributed by atoms with Crippen LogP contribution in [0, 0.1) is 12.8 Å². The van der Waals surface area contributed by atoms with Crippen LogP contribution in [0.15, 0.2) is 36.7 Å². The molecule has 4 fully saturated rings. The molecule has 5 heterocycles. The number of carbonyl (C=O) groups excluding carboxylic acids is 1. The second kappa shape index (κ2) is 6.85. The minimum absolute atomic E-state index is 0.0704. The Morgan fingerprint density at radius 3 is 2.39 bits per heavy atom. The summed E-state index contributed by atoms with van der Waals surface area (Å²) in [4.78, 5) is 26.7. The third-order valence-corrected chi connectivity index (χ3v) is 6.88. The van der Waals surface area contributed by atoms with Gasteiger partial charge in [-0.1, -0.05) is 29.8 Å². The molecule has 1 aromatic carbocycles. The molecule has 6 rings (SSSR count). The van der Waals surface area contributed by atoms with Crippen molar-refractivity contribution in [3.05, 3.63) is 53.3 Å². The summed E-state index contributed by atoms with van der Waals surface area (Å²) in [6, 6.07) is 9.60. The molecular weight excluding hydrogens is 350 g/mol. The second-order valence-corrected chi connectivity index (χ2v) is 8.37. The topological polar surface area (TPSA) is 61.4 Å². The Bertz CT molecular complexity index is 858. The van der Waals surface area contributed by atoms with Crippen LogP contribution < -0.4 is 5.32 Å². The maximum absolute atomic E-state index is 13.4. The molecule has 2 aromatic rings. The number of fused-ring (bicyclic) bond motifs is 2. The lowest BCUT2D eigenvalue weighted by Gasteiger charge is -2.51. The van der Waals surface area contributed by atoms with E-state index in [-0.39, 0.29) is 5.91 Å². The fourth-order valence-electron chi connectivity index (χ4n) is 5.49. The van der Waals surface area contributed by atoms with Gasteiger partial charge >= 0.3 is 0 Å². The van der Waals surface area contributed by atoms with Gasteiger partial charge in [-0.2, -0.15) is 0 Å². The molecule has 6 heteroatoms. The fourth-order valence-corrected chi connectivity index (χ4v) is 5.49. The van der Waals surface area contributed by atoms with E-state index in [4.69, 9.17) is 0 Å². The van der Waals surface area contributed by atoms with Crippen LogP contribution in [0.5, 0.6) is 0 Å². The van der Waals surface area contributed by atoms with Gasteiger partial charge in [0.2, 0.25) is 5.95 Å². The van der Waals surface area contributed by atoms with Crippen molar-refractivity contribution in [2.45, 2.75) is 37.8 Å². The molecule has 3 atom stereocenters. The van der Waals surface area contributed by atoms with Gasteiger partial charge in [-0.05, 0) is 44.3 Å². The van der Waals surface area contributed by atoms with E-state index >= 15 is 0 Å². The number of nitrogens with zero attached hydrogens (tertiary/aromatic N) is 4. The quantitative estimate of drug-likeness (QED) is 0.891. The lowest BCUT2D eigenvalue weighted by molar-refractivity contribution is -0.00343. The SMILES string of the molecule is CNc1ncc(C(=O)N2C[C@@H](c3ccc(C)cc3)[C@@H]3[C@H]2C2CCN3CC2)cn1. The minimum atomic E-state index is 0.0704. The van der Waals surface area contributed by atoms with Crippen molar-refractivity contribution in [1.29, 1.82) is 0 Å². The van der Waals surface area contributed by atoms with Gasteiger partial charge in [0.15, 0.2) is 0 Å². The maximum Gasteiger partial charge on any atom is 0.257 e. The van der Waals surface area contributed by atoms with Crippen molar-refractivity contribution in [3.8, 4) is 0 Å². The first-order valence-corrected chi connectivity index (χ1v) is 10.3. The van der Waals surface area contributed by atoms with Crippen LogP contribution in [-0.4, -0.2) is 64.4 Å². The molecule has 4 aliphatic heterocycles. The highest BCUT2D eigenvalue weighted by atomic mass is 16.2. The zero-order valence-corrected chi connectivity index (χ0v) is 16.5. The maximum atomic E-state index is 13.4. The number of likely N-dealkylation sites (tertiary alicyclic amines) is 1. The molecular formula is C22H27N5O. The molecule has 0 spiro atoms. The van der Waals surface area contributed by atoms with E-state index in [9.17, 15) is 4.79 Å². The highest BCUT2D eigenvalue weighted by Gasteiger charge is 2.54. The minimum Gasteiger partial charge on any atom is -0.357 e. The monoisotopic (exact) mass is 377 g/mol. The standard InChI is InChI=1S/C22H27N5O/c1-14-3-5-15(6-4-14)18-13-27(19-16-7-9-26(10-8-16)20(18)19)21(28)17-11-24-22(23-2)25-12-17/h3-6,11-12,16,18-20H,7-10,13H2,1-2H3,(H,23,24,25)/t18-,19+,20+/m0/s1. The van der Waals surface area contributed by atoms with Crippen LogP contribution >= 0.6 is 0 Å². The lowest BCUT2D eigenvalue weighted by atomic mass is 9.75. The van der Waals surface area contributed by atoms with E-state index in [2.05, 4.69) is 56.3 Å². The molecule has 1 amide bonds. The Balaban J connectivity index is 1.49. The molecule has 6 nitrogen and oxygen atoms in total. The van der Waals surface area contributed by atoms with Crippen molar-refractivity contribution in [2.75, 3.05) is 32.0 Å². The van der Waals surface area contributed by atoms with Crippen molar-refractivity contribution >= 4 is 11.9 Å². The number of amides is 1. The molecule has 0 radical (unpaired) electrons. The predicted octanol–water partition coefficient (Wildman–Crippen LogP) is 2.53. The summed E-state index contributed by atoms with van der Waals surface area (Å²) in [5.41, 5.74) is 3.21. The molecule has 146 valence electrons. The number of hydrogen-bond acceptors (Lipinski definition) is 5. The van der Waals surface area contributed by atoms with Crippen LogP contribution in [0.1, 0.15) is 40.2 Å². The summed E-state index contributed by atoms with van der Waals surface area (Å²) in [6.45, 7) is 5.22. The number of piperidine rings is 3. The normalized spacial score (nSPS) is 30.9. The van der Waals surface area contributed by atoms with Crippen molar-refractivity contribution in [3.63, 3.8) is 0 Å². The van der Waals surface area contributed by atoms with Crippen LogP contribution in [-0.2, 0) is 0 Å². The van der Waals surface area contributed by atoms with Gasteiger partial charge in [-0.15, -0.1) is 0 Å². The molecule has 1 aromatic heterocycles. The fraction of sp³-hybridized carbons (Fsp3) is 0.500. The first-order valence-electron chi connectivity index (χ1n) is 10.3. The highest BCUT2D eigenvalue weighted by Crippen LogP contribution is 2.46. The Morgan fingerprint density at radius 1 is 1.07 bits per heavy atom. The summed E-state index contributed by atoms with van der Waals surface area (Å²) >= 11 is 0. The summed E-state index contributed by atoms with van der Waals surface area (Å²) in [5, 5.41) is 2.91. The summed E-state index contributed by atoms with van der Waals surface area (Å²) in [7, 11) is 1.78. The number of hydrogen-bond donors (Lipinski definition) is 1. The third kappa shape index (κ3) is 2.78. The summed E-state index contributed by atoms with van der Waals surface area (Å²) in [5.74, 6) is 1.58. The Morgan fingerprint density at radius 2 is 1.75 bits per heavy atom. The number of aryl methyl sites for hydroxylation is 1. The van der Waals surface area contributed by atoms with Crippen LogP contribution in [0.4, 0.5) is 5.95 Å². The Labute approximate surface area is 166 Å². The predicted molar refractivity (Wildman–Crippen MR) is 108 cm³/mol. The summed E-state index contributed by atoms with van der Waals surface area (Å²) < 4.78 is 0. The molecule has 0 aliphatic carbocycles. The number of anilines is 1. The number of benzene rings is 1. The average Bonchev–Trinajstić information content (AvgIpc) is 3.17. The molecule has 4 saturated heterocycles. The molecule has 2 bridgehead atoms. The highest BCUT2D eigenvalue weighted by molar-refractivity contribution is 5.94. The van der Waals surface area contributed by atoms with Gasteiger partial charge in [0, 0.05) is 37.9 Å². The van der Waals surface area contributed by atoms with Gasteiger partial charge < -0.3 is 10.2 Å². The Hall–Kier alpha value is -2.47. The largest absolute Gasteiger partial charge is 0.357 e. The van der Waals surface area contributed by atoms with E-state index in [1.54, 1.807) is 19.4 Å². The average molecular weight is 377 g/mol. The molecule has 28 heavy (non-hydrogen) atoms. The molecule has 4 aliphatic rings. The van der Waals surface area contributed by atoms with E-state index in [1.807, 2.05) is 0 Å². The lowest BCUT2D eigenvalue weighted by Crippen LogP contribution is -2.60.